The molecule has 1 saturated carbocycles. The number of fused-ring (bicyclic) bond motifs is 1. The number of carbonyl (C=O) groups is 1. The van der Waals surface area contributed by atoms with Gasteiger partial charge >= 0.3 is 0 Å². The zero-order chi connectivity index (χ0) is 12.9. The van der Waals surface area contributed by atoms with E-state index in [1.165, 1.54) is 0 Å². The molecule has 0 spiro atoms. The number of anilines is 1. The highest BCUT2D eigenvalue weighted by atomic mass is 32.2. The number of nitriles is 1. The number of carbonyl (C=O) groups excluding carboxylic acids is 1. The van der Waals surface area contributed by atoms with Crippen LogP contribution in [0, 0.1) is 16.7 Å². The summed E-state index contributed by atoms with van der Waals surface area (Å²) in [6.07, 6.45) is 0.916. The van der Waals surface area contributed by atoms with Gasteiger partial charge in [-0.25, -0.2) is 0 Å². The molecule has 1 aliphatic heterocycles. The summed E-state index contributed by atoms with van der Waals surface area (Å²) in [5.41, 5.74) is 1.84. The first kappa shape index (κ1) is 11.6. The molecular weight excluding hydrogens is 244 g/mol. The highest BCUT2D eigenvalue weighted by Gasteiger charge is 2.51. The Morgan fingerprint density at radius 2 is 2.33 bits per heavy atom. The monoisotopic (exact) mass is 258 g/mol. The minimum Gasteiger partial charge on any atom is -0.324 e. The fraction of sp³-hybridized carbons (Fsp3) is 0.429. The molecule has 3 unspecified atom stereocenters. The van der Waals surface area contributed by atoms with E-state index >= 15 is 0 Å². The van der Waals surface area contributed by atoms with Crippen molar-refractivity contribution in [3.63, 3.8) is 0 Å². The average molecular weight is 258 g/mol. The van der Waals surface area contributed by atoms with E-state index in [9.17, 15) is 4.79 Å². The first-order valence-electron chi connectivity index (χ1n) is 6.06. The molecule has 0 bridgehead atoms. The molecule has 3 atom stereocenters. The van der Waals surface area contributed by atoms with Gasteiger partial charge in [-0.3, -0.25) is 4.79 Å². The number of benzene rings is 1. The van der Waals surface area contributed by atoms with E-state index in [1.807, 2.05) is 19.9 Å². The topological polar surface area (TPSA) is 52.9 Å². The second kappa shape index (κ2) is 3.76. The molecule has 0 saturated heterocycles. The Hall–Kier alpha value is -1.47. The van der Waals surface area contributed by atoms with E-state index in [0.29, 0.717) is 5.92 Å². The van der Waals surface area contributed by atoms with Crippen molar-refractivity contribution in [1.82, 2.24) is 0 Å². The van der Waals surface area contributed by atoms with Crippen molar-refractivity contribution >= 4 is 23.4 Å². The Morgan fingerprint density at radius 3 is 3.00 bits per heavy atom. The SMILES string of the molecule is CC1Sc2ccc(C3CC3(C)C#N)cc2NC1=O. The van der Waals surface area contributed by atoms with Gasteiger partial charge < -0.3 is 5.32 Å². The summed E-state index contributed by atoms with van der Waals surface area (Å²) in [5.74, 6) is 0.373. The van der Waals surface area contributed by atoms with Crippen LogP contribution in [0.1, 0.15) is 31.7 Å². The number of amides is 1. The first-order chi connectivity index (χ1) is 8.53. The van der Waals surface area contributed by atoms with Gasteiger partial charge in [0.1, 0.15) is 0 Å². The van der Waals surface area contributed by atoms with Gasteiger partial charge in [-0.2, -0.15) is 5.26 Å². The Labute approximate surface area is 111 Å². The third kappa shape index (κ3) is 1.70. The Bertz CT molecular complexity index is 578. The molecule has 1 fully saturated rings. The molecule has 92 valence electrons. The molecule has 18 heavy (non-hydrogen) atoms. The third-order valence-electron chi connectivity index (χ3n) is 3.83. The maximum atomic E-state index is 11.7. The van der Waals surface area contributed by atoms with Crippen LogP contribution >= 0.6 is 11.8 Å². The number of rotatable bonds is 1. The van der Waals surface area contributed by atoms with Crippen LogP contribution in [0.15, 0.2) is 23.1 Å². The van der Waals surface area contributed by atoms with E-state index < -0.39 is 0 Å². The molecule has 1 heterocycles. The molecular formula is C14H14N2OS. The molecule has 0 radical (unpaired) electrons. The Balaban J connectivity index is 1.92. The van der Waals surface area contributed by atoms with Gasteiger partial charge in [0, 0.05) is 10.8 Å². The molecule has 1 aromatic carbocycles. The van der Waals surface area contributed by atoms with Crippen molar-refractivity contribution in [3.8, 4) is 6.07 Å². The van der Waals surface area contributed by atoms with Crippen LogP contribution in [0.4, 0.5) is 5.69 Å². The van der Waals surface area contributed by atoms with Gasteiger partial charge in [0.15, 0.2) is 0 Å². The van der Waals surface area contributed by atoms with Gasteiger partial charge in [0.2, 0.25) is 5.91 Å². The fourth-order valence-electron chi connectivity index (χ4n) is 2.42. The average Bonchev–Trinajstić information content (AvgIpc) is 3.03. The van der Waals surface area contributed by atoms with Crippen LogP contribution in [-0.4, -0.2) is 11.2 Å². The minimum absolute atomic E-state index is 0.0337. The lowest BCUT2D eigenvalue weighted by atomic mass is 10.0. The number of hydrogen-bond acceptors (Lipinski definition) is 3. The molecule has 1 amide bonds. The number of hydrogen-bond donors (Lipinski definition) is 1. The highest BCUT2D eigenvalue weighted by molar-refractivity contribution is 8.00. The smallest absolute Gasteiger partial charge is 0.237 e. The second-order valence-electron chi connectivity index (χ2n) is 5.29. The van der Waals surface area contributed by atoms with Gasteiger partial charge in [-0.05, 0) is 38.0 Å². The van der Waals surface area contributed by atoms with Crippen molar-refractivity contribution in [1.29, 1.82) is 5.26 Å². The largest absolute Gasteiger partial charge is 0.324 e. The predicted octanol–water partition coefficient (Wildman–Crippen LogP) is 3.14. The summed E-state index contributed by atoms with van der Waals surface area (Å²) >= 11 is 1.59. The molecule has 4 heteroatoms. The molecule has 3 rings (SSSR count). The maximum absolute atomic E-state index is 11.7. The van der Waals surface area contributed by atoms with E-state index in [4.69, 9.17) is 5.26 Å². The zero-order valence-corrected chi connectivity index (χ0v) is 11.2. The van der Waals surface area contributed by atoms with Crippen LogP contribution in [0.2, 0.25) is 0 Å². The van der Waals surface area contributed by atoms with E-state index in [0.717, 1.165) is 22.6 Å². The van der Waals surface area contributed by atoms with Gasteiger partial charge in [0.05, 0.1) is 22.4 Å². The summed E-state index contributed by atoms with van der Waals surface area (Å²) in [6.45, 7) is 3.90. The quantitative estimate of drug-likeness (QED) is 0.842. The van der Waals surface area contributed by atoms with Crippen molar-refractivity contribution in [3.05, 3.63) is 23.8 Å². The molecule has 0 aromatic heterocycles. The molecule has 2 aliphatic rings. The van der Waals surface area contributed by atoms with Crippen molar-refractivity contribution in [2.24, 2.45) is 5.41 Å². The van der Waals surface area contributed by atoms with Crippen molar-refractivity contribution < 1.29 is 4.79 Å². The standard InChI is InChI=1S/C14H14N2OS/c1-8-13(17)16-11-5-9(3-4-12(11)18-8)10-6-14(10,2)7-15/h3-5,8,10H,6H2,1-2H3,(H,16,17). The summed E-state index contributed by atoms with van der Waals surface area (Å²) in [4.78, 5) is 12.8. The van der Waals surface area contributed by atoms with Gasteiger partial charge in [-0.1, -0.05) is 6.07 Å². The van der Waals surface area contributed by atoms with Crippen LogP contribution in [0.3, 0.4) is 0 Å². The summed E-state index contributed by atoms with van der Waals surface area (Å²) < 4.78 is 0. The van der Waals surface area contributed by atoms with E-state index in [-0.39, 0.29) is 16.6 Å². The van der Waals surface area contributed by atoms with Crippen LogP contribution in [0.25, 0.3) is 0 Å². The van der Waals surface area contributed by atoms with E-state index in [1.54, 1.807) is 11.8 Å². The predicted molar refractivity (Wildman–Crippen MR) is 71.5 cm³/mol. The number of thioether (sulfide) groups is 1. The normalized spacial score (nSPS) is 33.3. The lowest BCUT2D eigenvalue weighted by molar-refractivity contribution is -0.115. The van der Waals surface area contributed by atoms with Crippen molar-refractivity contribution in [2.75, 3.05) is 5.32 Å². The Morgan fingerprint density at radius 1 is 1.56 bits per heavy atom. The number of nitrogens with zero attached hydrogens (tertiary/aromatic N) is 1. The Kier molecular flexibility index (Phi) is 2.43. The lowest BCUT2D eigenvalue weighted by Crippen LogP contribution is -2.26. The molecule has 1 aliphatic carbocycles. The summed E-state index contributed by atoms with van der Waals surface area (Å²) in [6, 6.07) is 8.54. The highest BCUT2D eigenvalue weighted by Crippen LogP contribution is 2.59. The number of nitrogens with one attached hydrogen (secondary N) is 1. The maximum Gasteiger partial charge on any atom is 0.237 e. The molecule has 3 nitrogen and oxygen atoms in total. The minimum atomic E-state index is -0.215. The fourth-order valence-corrected chi connectivity index (χ4v) is 3.35. The van der Waals surface area contributed by atoms with Crippen LogP contribution < -0.4 is 5.32 Å². The third-order valence-corrected chi connectivity index (χ3v) is 5.01. The summed E-state index contributed by atoms with van der Waals surface area (Å²) in [5, 5.41) is 12.0. The second-order valence-corrected chi connectivity index (χ2v) is 6.67. The molecule has 1 aromatic rings. The van der Waals surface area contributed by atoms with Crippen molar-refractivity contribution in [2.45, 2.75) is 36.3 Å². The zero-order valence-electron chi connectivity index (χ0n) is 10.4. The van der Waals surface area contributed by atoms with E-state index in [2.05, 4.69) is 23.5 Å². The molecule has 1 N–H and O–H groups in total. The van der Waals surface area contributed by atoms with Gasteiger partial charge in [0.25, 0.3) is 0 Å². The first-order valence-corrected chi connectivity index (χ1v) is 6.94. The van der Waals surface area contributed by atoms with Crippen LogP contribution in [-0.2, 0) is 4.79 Å². The summed E-state index contributed by atoms with van der Waals surface area (Å²) in [7, 11) is 0. The van der Waals surface area contributed by atoms with Crippen LogP contribution in [0.5, 0.6) is 0 Å². The lowest BCUT2D eigenvalue weighted by Gasteiger charge is -2.22. The van der Waals surface area contributed by atoms with Gasteiger partial charge in [-0.15, -0.1) is 11.8 Å².